The Morgan fingerprint density at radius 1 is 1.38 bits per heavy atom. The van der Waals surface area contributed by atoms with Crippen LogP contribution in [0.1, 0.15) is 75.0 Å². The lowest BCUT2D eigenvalue weighted by Crippen LogP contribution is -2.56. The lowest BCUT2D eigenvalue weighted by molar-refractivity contribution is 0.0275. The Balaban J connectivity index is 1.67. The molecule has 2 aliphatic heterocycles. The minimum atomic E-state index is 0.169. The molecule has 5 heteroatoms. The van der Waals surface area contributed by atoms with Crippen LogP contribution in [0, 0.1) is 5.41 Å². The van der Waals surface area contributed by atoms with Gasteiger partial charge in [0.15, 0.2) is 0 Å². The van der Waals surface area contributed by atoms with Crippen LogP contribution >= 0.6 is 0 Å². The van der Waals surface area contributed by atoms with Gasteiger partial charge in [-0.25, -0.2) is 0 Å². The van der Waals surface area contributed by atoms with E-state index in [1.165, 1.54) is 25.7 Å². The average molecular weight is 330 g/mol. The van der Waals surface area contributed by atoms with Crippen LogP contribution in [0.25, 0.3) is 0 Å². The maximum Gasteiger partial charge on any atom is 0.272 e. The number of hydrogen-bond acceptors (Lipinski definition) is 3. The fourth-order valence-electron chi connectivity index (χ4n) is 5.34. The molecule has 1 saturated carbocycles. The molecule has 4 atom stereocenters. The van der Waals surface area contributed by atoms with Gasteiger partial charge in [0.25, 0.3) is 5.91 Å². The van der Waals surface area contributed by atoms with E-state index in [0.29, 0.717) is 24.0 Å². The van der Waals surface area contributed by atoms with E-state index in [1.807, 2.05) is 13.1 Å². The molecular formula is C19H30N4O. The molecule has 4 rings (SSSR count). The third kappa shape index (κ3) is 2.32. The van der Waals surface area contributed by atoms with Gasteiger partial charge < -0.3 is 10.2 Å². The van der Waals surface area contributed by atoms with Crippen molar-refractivity contribution in [3.63, 3.8) is 0 Å². The molecule has 0 unspecified atom stereocenters. The molecule has 132 valence electrons. The first kappa shape index (κ1) is 16.1. The van der Waals surface area contributed by atoms with Crippen molar-refractivity contribution in [1.29, 1.82) is 0 Å². The zero-order valence-corrected chi connectivity index (χ0v) is 15.4. The van der Waals surface area contributed by atoms with E-state index in [0.717, 1.165) is 24.4 Å². The number of aryl methyl sites for hydroxylation is 1. The number of likely N-dealkylation sites (tertiary alicyclic amines) is 1. The molecule has 1 aromatic rings. The molecule has 1 amide bonds. The first-order valence-corrected chi connectivity index (χ1v) is 9.51. The third-order valence-electron chi connectivity index (χ3n) is 6.66. The van der Waals surface area contributed by atoms with Crippen LogP contribution in [-0.2, 0) is 7.05 Å². The van der Waals surface area contributed by atoms with Crippen LogP contribution in [0.3, 0.4) is 0 Å². The largest absolute Gasteiger partial charge is 0.332 e. The first-order chi connectivity index (χ1) is 11.4. The summed E-state index contributed by atoms with van der Waals surface area (Å²) in [5, 5.41) is 8.37. The van der Waals surface area contributed by atoms with Crippen LogP contribution < -0.4 is 5.32 Å². The summed E-state index contributed by atoms with van der Waals surface area (Å²) in [5.74, 6) is 0.513. The van der Waals surface area contributed by atoms with Crippen LogP contribution in [0.15, 0.2) is 6.07 Å². The fourth-order valence-corrected chi connectivity index (χ4v) is 5.34. The summed E-state index contributed by atoms with van der Waals surface area (Å²) in [5.41, 5.74) is 1.97. The number of nitrogens with zero attached hydrogens (tertiary/aromatic N) is 3. The number of hydrogen-bond donors (Lipinski definition) is 1. The molecule has 2 saturated heterocycles. The smallest absolute Gasteiger partial charge is 0.272 e. The molecule has 1 aliphatic carbocycles. The molecular weight excluding hydrogens is 300 g/mol. The van der Waals surface area contributed by atoms with E-state index in [9.17, 15) is 4.79 Å². The van der Waals surface area contributed by atoms with Crippen molar-refractivity contribution in [2.24, 2.45) is 12.5 Å². The van der Waals surface area contributed by atoms with Gasteiger partial charge in [-0.05, 0) is 31.2 Å². The summed E-state index contributed by atoms with van der Waals surface area (Å²) < 4.78 is 1.78. The van der Waals surface area contributed by atoms with Crippen LogP contribution in [0.5, 0.6) is 0 Å². The van der Waals surface area contributed by atoms with Crippen LogP contribution in [-0.4, -0.2) is 45.3 Å². The average Bonchev–Trinajstić information content (AvgIpc) is 2.99. The van der Waals surface area contributed by atoms with Crippen molar-refractivity contribution in [2.75, 3.05) is 6.54 Å². The van der Waals surface area contributed by atoms with Crippen molar-refractivity contribution >= 4 is 5.91 Å². The SMILES string of the molecule is CC(C)c1cc(C(=O)N2C[C@@H]3C[C@@]4(C)[C@H](CCCC[C@@H]24)N3)n(C)n1. The van der Waals surface area contributed by atoms with Gasteiger partial charge in [-0.15, -0.1) is 0 Å². The summed E-state index contributed by atoms with van der Waals surface area (Å²) in [4.78, 5) is 15.5. The van der Waals surface area contributed by atoms with Gasteiger partial charge in [0.2, 0.25) is 0 Å². The van der Waals surface area contributed by atoms with E-state index >= 15 is 0 Å². The molecule has 2 bridgehead atoms. The summed E-state index contributed by atoms with van der Waals surface area (Å²) >= 11 is 0. The highest BCUT2D eigenvalue weighted by Crippen LogP contribution is 2.49. The molecule has 5 nitrogen and oxygen atoms in total. The molecule has 3 aliphatic rings. The van der Waals surface area contributed by atoms with E-state index in [-0.39, 0.29) is 11.3 Å². The number of piperidine rings is 1. The molecule has 3 fully saturated rings. The van der Waals surface area contributed by atoms with Crippen molar-refractivity contribution in [2.45, 2.75) is 76.9 Å². The lowest BCUT2D eigenvalue weighted by Gasteiger charge is -2.46. The van der Waals surface area contributed by atoms with Gasteiger partial charge in [-0.3, -0.25) is 9.48 Å². The predicted molar refractivity (Wildman–Crippen MR) is 94.0 cm³/mol. The normalized spacial score (nSPS) is 35.4. The molecule has 0 aromatic carbocycles. The summed E-state index contributed by atoms with van der Waals surface area (Å²) in [6.07, 6.45) is 6.13. The van der Waals surface area contributed by atoms with Crippen molar-refractivity contribution in [3.05, 3.63) is 17.5 Å². The molecule has 24 heavy (non-hydrogen) atoms. The highest BCUT2D eigenvalue weighted by atomic mass is 16.2. The van der Waals surface area contributed by atoms with Crippen molar-refractivity contribution in [3.8, 4) is 0 Å². The van der Waals surface area contributed by atoms with Crippen LogP contribution in [0.4, 0.5) is 0 Å². The zero-order chi connectivity index (χ0) is 17.1. The quantitative estimate of drug-likeness (QED) is 0.907. The number of fused-ring (bicyclic) bond motifs is 1. The van der Waals surface area contributed by atoms with Gasteiger partial charge in [-0.1, -0.05) is 33.6 Å². The standard InChI is InChI=1S/C19H30N4O/c1-12(2)14-9-15(22(4)21-14)18(24)23-11-13-10-19(3)16(20-13)7-5-6-8-17(19)23/h9,12-13,16-17,20H,5-8,10-11H2,1-4H3/t13-,16-,17+,19-/m0/s1. The Bertz CT molecular complexity index is 652. The molecule has 0 radical (unpaired) electrons. The molecule has 1 aromatic heterocycles. The number of nitrogens with one attached hydrogen (secondary N) is 1. The summed E-state index contributed by atoms with van der Waals surface area (Å²) in [6.45, 7) is 7.50. The minimum Gasteiger partial charge on any atom is -0.332 e. The van der Waals surface area contributed by atoms with Crippen molar-refractivity contribution < 1.29 is 4.79 Å². The number of rotatable bonds is 2. The topological polar surface area (TPSA) is 50.2 Å². The Labute approximate surface area is 144 Å². The predicted octanol–water partition coefficient (Wildman–Crippen LogP) is 2.68. The Morgan fingerprint density at radius 3 is 2.83 bits per heavy atom. The highest BCUT2D eigenvalue weighted by molar-refractivity contribution is 5.93. The monoisotopic (exact) mass is 330 g/mol. The van der Waals surface area contributed by atoms with Crippen LogP contribution in [0.2, 0.25) is 0 Å². The molecule has 0 spiro atoms. The van der Waals surface area contributed by atoms with E-state index in [1.54, 1.807) is 4.68 Å². The fraction of sp³-hybridized carbons (Fsp3) is 0.789. The number of amides is 1. The molecule has 3 heterocycles. The second-order valence-electron chi connectivity index (χ2n) is 8.62. The van der Waals surface area contributed by atoms with Gasteiger partial charge in [0.05, 0.1) is 5.69 Å². The summed E-state index contributed by atoms with van der Waals surface area (Å²) in [7, 11) is 1.90. The Hall–Kier alpha value is -1.36. The number of carbonyl (C=O) groups is 1. The summed E-state index contributed by atoms with van der Waals surface area (Å²) in [6, 6.07) is 3.38. The maximum absolute atomic E-state index is 13.4. The second-order valence-corrected chi connectivity index (χ2v) is 8.62. The van der Waals surface area contributed by atoms with Gasteiger partial charge >= 0.3 is 0 Å². The Morgan fingerprint density at radius 2 is 2.12 bits per heavy atom. The maximum atomic E-state index is 13.4. The molecule has 1 N–H and O–H groups in total. The van der Waals surface area contributed by atoms with E-state index in [2.05, 4.69) is 36.1 Å². The van der Waals surface area contributed by atoms with E-state index in [4.69, 9.17) is 0 Å². The van der Waals surface area contributed by atoms with Crippen molar-refractivity contribution in [1.82, 2.24) is 20.0 Å². The zero-order valence-electron chi connectivity index (χ0n) is 15.4. The van der Waals surface area contributed by atoms with Gasteiger partial charge in [0.1, 0.15) is 5.69 Å². The second kappa shape index (κ2) is 5.58. The highest BCUT2D eigenvalue weighted by Gasteiger charge is 2.56. The number of carbonyl (C=O) groups excluding carboxylic acids is 1. The van der Waals surface area contributed by atoms with E-state index < -0.39 is 0 Å². The minimum absolute atomic E-state index is 0.169. The number of aromatic nitrogens is 2. The lowest BCUT2D eigenvalue weighted by atomic mass is 9.71. The van der Waals surface area contributed by atoms with Gasteiger partial charge in [-0.2, -0.15) is 5.10 Å². The third-order valence-corrected chi connectivity index (χ3v) is 6.66. The van der Waals surface area contributed by atoms with Gasteiger partial charge in [0, 0.05) is 37.1 Å². The first-order valence-electron chi connectivity index (χ1n) is 9.51. The Kier molecular flexibility index (Phi) is 3.75.